The van der Waals surface area contributed by atoms with Crippen molar-refractivity contribution < 1.29 is 77.5 Å². The van der Waals surface area contributed by atoms with Crippen molar-refractivity contribution in [3.05, 3.63) is 238 Å². The predicted octanol–water partition coefficient (Wildman–Crippen LogP) is 5.03. The van der Waals surface area contributed by atoms with Gasteiger partial charge in [-0.05, 0) is 114 Å². The Hall–Kier alpha value is -7.02. The summed E-state index contributed by atoms with van der Waals surface area (Å²) in [5.74, 6) is -19.2. The topological polar surface area (TPSA) is 90.2 Å². The molecule has 8 rings (SSSR count). The Morgan fingerprint density at radius 1 is 0.301 bits per heavy atom. The van der Waals surface area contributed by atoms with Crippen molar-refractivity contribution in [1.29, 1.82) is 0 Å². The molecule has 0 aliphatic rings. The van der Waals surface area contributed by atoms with E-state index in [1.165, 1.54) is 84.9 Å². The van der Waals surface area contributed by atoms with Crippen LogP contribution in [-0.2, 0) is 17.6 Å². The lowest BCUT2D eigenvalue weighted by Crippen LogP contribution is -2.43. The summed E-state index contributed by atoms with van der Waals surface area (Å²) in [5.41, 5.74) is 0.937. The average Bonchev–Trinajstić information content (AvgIpc) is 3.38. The van der Waals surface area contributed by atoms with Crippen molar-refractivity contribution in [3.8, 4) is 0 Å². The van der Waals surface area contributed by atoms with Crippen LogP contribution in [0.25, 0.3) is 0 Å². The van der Waals surface area contributed by atoms with Gasteiger partial charge < -0.3 is 24.8 Å². The van der Waals surface area contributed by atoms with E-state index in [0.717, 1.165) is 0 Å². The molecule has 0 aromatic heterocycles. The largest absolute Gasteiger partial charge is 0.443 e. The molecular weight excluding hydrogens is 976 g/mol. The van der Waals surface area contributed by atoms with E-state index >= 15 is 0 Å². The van der Waals surface area contributed by atoms with Crippen molar-refractivity contribution in [2.45, 2.75) is 25.0 Å². The van der Waals surface area contributed by atoms with E-state index < -0.39 is 110 Å². The highest BCUT2D eigenvalue weighted by molar-refractivity contribution is 6.80. The first-order valence-corrected chi connectivity index (χ1v) is 22.1. The van der Waals surface area contributed by atoms with Crippen LogP contribution in [0.15, 0.2) is 146 Å². The van der Waals surface area contributed by atoms with Crippen LogP contribution in [0.5, 0.6) is 0 Å². The summed E-state index contributed by atoms with van der Waals surface area (Å²) in [6.45, 7) is -6.60. The lowest BCUT2D eigenvalue weighted by atomic mass is 9.55. The van der Waals surface area contributed by atoms with Gasteiger partial charge in [0.2, 0.25) is 0 Å². The van der Waals surface area contributed by atoms with E-state index in [2.05, 4.69) is 0 Å². The maximum absolute atomic E-state index is 14.3. The highest BCUT2D eigenvalue weighted by atomic mass is 19.2. The average molecular weight is 1010 g/mol. The molecule has 0 fully saturated rings. The fraction of sp³-hybridized carbons (Fsp3) is 0.0769. The summed E-state index contributed by atoms with van der Waals surface area (Å²) < 4.78 is 176. The number of hydrogen-bond acceptors (Lipinski definition) is 5. The summed E-state index contributed by atoms with van der Waals surface area (Å²) >= 11 is 0. The van der Waals surface area contributed by atoms with Crippen LogP contribution in [0.3, 0.4) is 0 Å². The Morgan fingerprint density at radius 2 is 0.548 bits per heavy atom. The van der Waals surface area contributed by atoms with Gasteiger partial charge >= 0.3 is 27.7 Å². The minimum atomic E-state index is -1.74. The fourth-order valence-electron chi connectivity index (χ4n) is 8.38. The van der Waals surface area contributed by atoms with Crippen LogP contribution in [0.1, 0.15) is 34.5 Å². The molecule has 0 saturated heterocycles. The maximum atomic E-state index is 14.3. The third-order valence-corrected chi connectivity index (χ3v) is 12.2. The zero-order valence-corrected chi connectivity index (χ0v) is 37.5. The van der Waals surface area contributed by atoms with E-state index in [9.17, 15) is 72.8 Å². The van der Waals surface area contributed by atoms with Gasteiger partial charge in [0.05, 0.1) is 12.2 Å². The van der Waals surface area contributed by atoms with Crippen molar-refractivity contribution >= 4 is 71.4 Å². The second kappa shape index (κ2) is 22.0. The van der Waals surface area contributed by atoms with Gasteiger partial charge in [0, 0.05) is 12.8 Å². The lowest BCUT2D eigenvalue weighted by Gasteiger charge is -2.27. The third-order valence-electron chi connectivity index (χ3n) is 12.2. The SMILES string of the molecule is OB(c1ccc(C(Cc2cccc(B(O)c3cc(F)c(F)c(F)c3)c2)OC(Cc2cccc(B(O)c3cc(F)c(F)c(F)c3)c2)c2ccc(B(O)c3cc(F)c(F)c(F)c3)cc2)cc1)c1cc(F)c(F)c(F)c1. The molecule has 0 spiro atoms. The summed E-state index contributed by atoms with van der Waals surface area (Å²) in [6, 6.07) is 29.0. The molecule has 73 heavy (non-hydrogen) atoms. The molecule has 4 N–H and O–H groups in total. The Balaban J connectivity index is 1.19. The van der Waals surface area contributed by atoms with Crippen molar-refractivity contribution in [2.24, 2.45) is 0 Å². The zero-order valence-electron chi connectivity index (χ0n) is 37.5. The van der Waals surface area contributed by atoms with Crippen molar-refractivity contribution in [2.75, 3.05) is 0 Å². The fourth-order valence-corrected chi connectivity index (χ4v) is 8.38. The van der Waals surface area contributed by atoms with Gasteiger partial charge in [0.25, 0.3) is 0 Å². The first-order valence-electron chi connectivity index (χ1n) is 22.1. The first-order chi connectivity index (χ1) is 34.8. The van der Waals surface area contributed by atoms with Crippen LogP contribution in [0, 0.1) is 69.8 Å². The molecule has 8 aromatic carbocycles. The summed E-state index contributed by atoms with van der Waals surface area (Å²) in [6.07, 6.45) is -2.20. The Morgan fingerprint density at radius 3 is 0.808 bits per heavy atom. The molecule has 5 nitrogen and oxygen atoms in total. The summed E-state index contributed by atoms with van der Waals surface area (Å²) in [5, 5.41) is 44.6. The molecule has 0 saturated carbocycles. The second-order valence-electron chi connectivity index (χ2n) is 17.1. The number of benzene rings is 8. The van der Waals surface area contributed by atoms with E-state index in [4.69, 9.17) is 4.74 Å². The van der Waals surface area contributed by atoms with Gasteiger partial charge in [-0.2, -0.15) is 0 Å². The molecule has 0 bridgehead atoms. The molecule has 0 heterocycles. The minimum absolute atomic E-state index is 0.0571. The number of ether oxygens (including phenoxy) is 1. The molecule has 21 heteroatoms. The normalized spacial score (nSPS) is 12.2. The van der Waals surface area contributed by atoms with Gasteiger partial charge in [0.1, 0.15) is 0 Å². The highest BCUT2D eigenvalue weighted by Gasteiger charge is 2.29. The third kappa shape index (κ3) is 11.6. The van der Waals surface area contributed by atoms with Crippen LogP contribution < -0.4 is 43.7 Å². The quantitative estimate of drug-likeness (QED) is 0.0621. The molecule has 2 unspecified atom stereocenters. The molecule has 0 amide bonds. The van der Waals surface area contributed by atoms with Crippen LogP contribution in [-0.4, -0.2) is 47.8 Å². The summed E-state index contributed by atoms with van der Waals surface area (Å²) in [4.78, 5) is 0. The number of halogens is 12. The van der Waals surface area contributed by atoms with Crippen molar-refractivity contribution in [3.63, 3.8) is 0 Å². The zero-order chi connectivity index (χ0) is 52.4. The van der Waals surface area contributed by atoms with Gasteiger partial charge in [-0.3, -0.25) is 0 Å². The summed E-state index contributed by atoms with van der Waals surface area (Å²) in [7, 11) is 0. The van der Waals surface area contributed by atoms with Crippen LogP contribution >= 0.6 is 0 Å². The lowest BCUT2D eigenvalue weighted by molar-refractivity contribution is -0.0148. The molecule has 2 atom stereocenters. The van der Waals surface area contributed by atoms with Gasteiger partial charge in [-0.25, -0.2) is 52.7 Å². The molecule has 0 aliphatic carbocycles. The van der Waals surface area contributed by atoms with Gasteiger partial charge in [-0.1, -0.05) is 97.1 Å². The standard InChI is InChI=1S/C52H34B4F12O5/c57-39-19-35(20-40(58)49(39)65)53(69)31-11-7-29(8-12-31)47(17-27-3-1-5-33(15-27)55(71)37-23-43(61)51(67)44(62)24-37)73-48(30-9-13-32(14-10-30)54(70)36-21-41(59)50(66)42(60)22-36)18-28-4-2-6-34(16-28)56(72)38-25-45(63)52(68)46(64)26-38/h1-16,19-26,47-48,69-72H,17-18H2. The molecular formula is C52H34B4F12O5. The Labute approximate surface area is 410 Å². The molecule has 0 radical (unpaired) electrons. The smallest absolute Gasteiger partial charge is 0.359 e. The van der Waals surface area contributed by atoms with Gasteiger partial charge in [-0.15, -0.1) is 0 Å². The minimum Gasteiger partial charge on any atom is -0.443 e. The van der Waals surface area contributed by atoms with Crippen LogP contribution in [0.2, 0.25) is 0 Å². The monoisotopic (exact) mass is 1010 g/mol. The second-order valence-corrected chi connectivity index (χ2v) is 17.1. The van der Waals surface area contributed by atoms with E-state index in [0.29, 0.717) is 70.8 Å². The van der Waals surface area contributed by atoms with E-state index in [1.54, 1.807) is 12.1 Å². The number of rotatable bonds is 16. The molecule has 368 valence electrons. The maximum Gasteiger partial charge on any atom is 0.359 e. The van der Waals surface area contributed by atoms with E-state index in [-0.39, 0.29) is 56.5 Å². The highest BCUT2D eigenvalue weighted by Crippen LogP contribution is 2.32. The Kier molecular flexibility index (Phi) is 15.8. The molecule has 0 aliphatic heterocycles. The van der Waals surface area contributed by atoms with E-state index in [1.807, 2.05) is 0 Å². The first kappa shape index (κ1) is 52.3. The van der Waals surface area contributed by atoms with Crippen molar-refractivity contribution in [1.82, 2.24) is 0 Å². The molecule has 8 aromatic rings. The van der Waals surface area contributed by atoms with Gasteiger partial charge in [0.15, 0.2) is 69.8 Å². The predicted molar refractivity (Wildman–Crippen MR) is 254 cm³/mol. The van der Waals surface area contributed by atoms with Crippen LogP contribution in [0.4, 0.5) is 52.7 Å². The Bertz CT molecular complexity index is 3010. The number of hydrogen-bond donors (Lipinski definition) is 4.